The van der Waals surface area contributed by atoms with Gasteiger partial charge in [0.1, 0.15) is 6.11 Å². The van der Waals surface area contributed by atoms with E-state index in [1.807, 2.05) is 47.0 Å². The summed E-state index contributed by atoms with van der Waals surface area (Å²) >= 11 is 0. The summed E-state index contributed by atoms with van der Waals surface area (Å²) in [6, 6.07) is 12.2. The third-order valence-corrected chi connectivity index (χ3v) is 6.05. The Morgan fingerprint density at radius 1 is 1.18 bits per heavy atom. The number of para-hydroxylation sites is 1. The number of hydrogen-bond acceptors (Lipinski definition) is 3. The zero-order valence-electron chi connectivity index (χ0n) is 15.9. The average molecular weight is 373 g/mol. The summed E-state index contributed by atoms with van der Waals surface area (Å²) in [5.74, 6) is 4.01. The highest BCUT2D eigenvalue weighted by Gasteiger charge is 2.35. The molecule has 2 aromatic heterocycles. The second-order valence-corrected chi connectivity index (χ2v) is 7.72. The van der Waals surface area contributed by atoms with Crippen LogP contribution in [0, 0.1) is 17.9 Å². The number of piperidine rings is 3. The summed E-state index contributed by atoms with van der Waals surface area (Å²) in [5, 5.41) is 4.32. The van der Waals surface area contributed by atoms with Crippen LogP contribution in [-0.4, -0.2) is 40.9 Å². The van der Waals surface area contributed by atoms with Crippen LogP contribution in [0.4, 0.5) is 0 Å². The largest absolute Gasteiger partial charge is 0.405 e. The van der Waals surface area contributed by atoms with Gasteiger partial charge in [0.25, 0.3) is 5.91 Å². The maximum atomic E-state index is 13.0. The molecule has 5 heterocycles. The minimum Gasteiger partial charge on any atom is -0.405 e. The van der Waals surface area contributed by atoms with Gasteiger partial charge in [-0.3, -0.25) is 4.79 Å². The number of rotatable bonds is 3. The highest BCUT2D eigenvalue weighted by Crippen LogP contribution is 2.30. The van der Waals surface area contributed by atoms with Crippen LogP contribution in [-0.2, 0) is 0 Å². The van der Waals surface area contributed by atoms with Crippen molar-refractivity contribution < 1.29 is 9.53 Å². The van der Waals surface area contributed by atoms with Crippen LogP contribution < -0.4 is 10.1 Å². The van der Waals surface area contributed by atoms with Gasteiger partial charge in [-0.1, -0.05) is 24.1 Å². The number of nitrogens with one attached hydrogen (secondary N) is 1. The molecule has 0 saturated carbocycles. The van der Waals surface area contributed by atoms with Crippen molar-refractivity contribution in [3.63, 3.8) is 0 Å². The lowest BCUT2D eigenvalue weighted by Gasteiger charge is -2.44. The van der Waals surface area contributed by atoms with E-state index in [0.29, 0.717) is 17.2 Å². The maximum absolute atomic E-state index is 13.0. The molecule has 5 nitrogen and oxygen atoms in total. The zero-order valence-corrected chi connectivity index (χ0v) is 15.9. The minimum atomic E-state index is -0.0148. The van der Waals surface area contributed by atoms with Gasteiger partial charge in [-0.05, 0) is 50.0 Å². The lowest BCUT2D eigenvalue weighted by molar-refractivity contribution is 0.0620. The van der Waals surface area contributed by atoms with Gasteiger partial charge in [0.2, 0.25) is 0 Å². The third-order valence-electron chi connectivity index (χ3n) is 6.05. The third kappa shape index (κ3) is 2.90. The van der Waals surface area contributed by atoms with Crippen molar-refractivity contribution in [2.24, 2.45) is 5.92 Å². The second kappa shape index (κ2) is 6.88. The number of amides is 1. The Bertz CT molecular complexity index is 1110. The normalized spacial score (nSPS) is 23.4. The minimum absolute atomic E-state index is 0.0148. The fourth-order valence-electron chi connectivity index (χ4n) is 4.59. The number of carbonyl (C=O) groups is 1. The fourth-order valence-corrected chi connectivity index (χ4v) is 4.59. The molecule has 3 saturated heterocycles. The highest BCUT2D eigenvalue weighted by molar-refractivity contribution is 5.98. The number of ether oxygens (including phenoxy) is 1. The van der Waals surface area contributed by atoms with Crippen molar-refractivity contribution in [3.8, 4) is 17.8 Å². The van der Waals surface area contributed by atoms with Gasteiger partial charge in [0, 0.05) is 31.1 Å². The topological polar surface area (TPSA) is 46.0 Å². The number of nitrogens with zero attached hydrogens (tertiary/aromatic N) is 2. The van der Waals surface area contributed by atoms with E-state index in [1.165, 1.54) is 12.8 Å². The van der Waals surface area contributed by atoms with E-state index in [4.69, 9.17) is 4.74 Å². The van der Waals surface area contributed by atoms with Crippen LogP contribution in [0.5, 0.6) is 5.75 Å². The van der Waals surface area contributed by atoms with Crippen molar-refractivity contribution in [1.29, 1.82) is 0 Å². The van der Waals surface area contributed by atoms with Crippen molar-refractivity contribution in [2.45, 2.75) is 25.8 Å². The average Bonchev–Trinajstić information content (AvgIpc) is 3.19. The molecule has 6 rings (SSSR count). The Morgan fingerprint density at radius 2 is 2.00 bits per heavy atom. The Kier molecular flexibility index (Phi) is 4.22. The monoisotopic (exact) mass is 373 g/mol. The van der Waals surface area contributed by atoms with E-state index in [-0.39, 0.29) is 11.9 Å². The Morgan fingerprint density at radius 3 is 2.75 bits per heavy atom. The Hall–Kier alpha value is -2.97. The van der Waals surface area contributed by atoms with Gasteiger partial charge in [-0.15, -0.1) is 0 Å². The molecule has 1 aromatic carbocycles. The van der Waals surface area contributed by atoms with E-state index < -0.39 is 0 Å². The molecule has 5 heteroatoms. The predicted octanol–water partition coefficient (Wildman–Crippen LogP) is 3.28. The molecule has 3 aliphatic heterocycles. The highest BCUT2D eigenvalue weighted by atomic mass is 16.5. The van der Waals surface area contributed by atoms with Gasteiger partial charge in [-0.2, -0.15) is 0 Å². The summed E-state index contributed by atoms with van der Waals surface area (Å²) < 4.78 is 7.66. The number of hydrogen-bond donors (Lipinski definition) is 1. The molecule has 1 amide bonds. The van der Waals surface area contributed by atoms with Crippen LogP contribution in [0.1, 0.15) is 30.1 Å². The second-order valence-electron chi connectivity index (χ2n) is 7.72. The first kappa shape index (κ1) is 17.2. The van der Waals surface area contributed by atoms with Gasteiger partial charge >= 0.3 is 0 Å². The molecular weight excluding hydrogens is 350 g/mol. The summed E-state index contributed by atoms with van der Waals surface area (Å²) in [5.41, 5.74) is 2.54. The number of fused-ring (bicyclic) bond motifs is 6. The van der Waals surface area contributed by atoms with Gasteiger partial charge < -0.3 is 19.4 Å². The molecule has 28 heavy (non-hydrogen) atoms. The molecule has 0 aliphatic carbocycles. The van der Waals surface area contributed by atoms with Crippen molar-refractivity contribution in [3.05, 3.63) is 48.2 Å². The molecule has 3 aromatic rings. The maximum Gasteiger partial charge on any atom is 0.253 e. The first-order chi connectivity index (χ1) is 13.7. The first-order valence-corrected chi connectivity index (χ1v) is 9.88. The molecule has 1 N–H and O–H groups in total. The molecule has 0 radical (unpaired) electrons. The van der Waals surface area contributed by atoms with Crippen LogP contribution in [0.2, 0.25) is 0 Å². The number of benzene rings is 1. The number of pyridine rings is 1. The molecule has 0 spiro atoms. The van der Waals surface area contributed by atoms with Crippen LogP contribution in [0.15, 0.2) is 42.6 Å². The van der Waals surface area contributed by atoms with E-state index >= 15 is 0 Å². The fraction of sp³-hybridized carbons (Fsp3) is 0.348. The van der Waals surface area contributed by atoms with Gasteiger partial charge in [-0.25, -0.2) is 0 Å². The van der Waals surface area contributed by atoms with E-state index in [1.54, 1.807) is 6.92 Å². The summed E-state index contributed by atoms with van der Waals surface area (Å²) in [6.45, 7) is 5.03. The van der Waals surface area contributed by atoms with Crippen molar-refractivity contribution >= 4 is 22.3 Å². The standard InChI is InChI=1S/C23H23N3O2/c1-2-11-28-22-13-17-5-3-4-6-20(17)26-14-18(12-21(22)26)23(27)24-19-15-25-9-7-16(19)8-10-25/h3-6,12-14,16,19H,7-10,15H2,1H3,(H,24,27)/t19-/m0/s1. The Balaban J connectivity index is 1.52. The van der Waals surface area contributed by atoms with Crippen molar-refractivity contribution in [2.75, 3.05) is 19.6 Å². The zero-order chi connectivity index (χ0) is 19.1. The van der Waals surface area contributed by atoms with Crippen LogP contribution in [0.25, 0.3) is 16.4 Å². The molecule has 3 aliphatic rings. The first-order valence-electron chi connectivity index (χ1n) is 9.88. The quantitative estimate of drug-likeness (QED) is 0.717. The number of carbonyl (C=O) groups excluding carboxylic acids is 1. The van der Waals surface area contributed by atoms with E-state index in [9.17, 15) is 4.79 Å². The van der Waals surface area contributed by atoms with Crippen LogP contribution in [0.3, 0.4) is 0 Å². The van der Waals surface area contributed by atoms with E-state index in [0.717, 1.165) is 36.1 Å². The lowest BCUT2D eigenvalue weighted by atomic mass is 9.84. The number of aromatic nitrogens is 1. The van der Waals surface area contributed by atoms with Crippen LogP contribution >= 0.6 is 0 Å². The summed E-state index contributed by atoms with van der Waals surface area (Å²) in [4.78, 5) is 15.5. The predicted molar refractivity (Wildman–Crippen MR) is 109 cm³/mol. The molecular formula is C23H23N3O2. The van der Waals surface area contributed by atoms with Gasteiger partial charge in [0.05, 0.1) is 16.6 Å². The molecule has 0 unspecified atom stereocenters. The summed E-state index contributed by atoms with van der Waals surface area (Å²) in [7, 11) is 0. The lowest BCUT2D eigenvalue weighted by Crippen LogP contribution is -2.57. The molecule has 142 valence electrons. The Labute approximate surface area is 164 Å². The molecule has 3 fully saturated rings. The van der Waals surface area contributed by atoms with Crippen molar-refractivity contribution in [1.82, 2.24) is 14.6 Å². The molecule has 2 bridgehead atoms. The smallest absolute Gasteiger partial charge is 0.253 e. The molecule has 1 atom stereocenters. The van der Waals surface area contributed by atoms with E-state index in [2.05, 4.69) is 22.2 Å². The SMILES string of the molecule is CC#COc1cc2ccccc2n2cc(C(=O)N[C@H]3CN4CCC3CC4)cc12. The summed E-state index contributed by atoms with van der Waals surface area (Å²) in [6.07, 6.45) is 6.94. The van der Waals surface area contributed by atoms with Gasteiger partial charge in [0.15, 0.2) is 5.75 Å².